The number of esters is 1. The monoisotopic (exact) mass is 431 g/mol. The number of ether oxygens (including phenoxy) is 2. The summed E-state index contributed by atoms with van der Waals surface area (Å²) in [5, 5.41) is 2.85. The van der Waals surface area contributed by atoms with Crippen LogP contribution in [-0.2, 0) is 27.4 Å². The molecule has 5 heteroatoms. The molecule has 5 nitrogen and oxygen atoms in total. The van der Waals surface area contributed by atoms with Crippen molar-refractivity contribution < 1.29 is 19.1 Å². The van der Waals surface area contributed by atoms with Crippen LogP contribution in [0.25, 0.3) is 0 Å². The lowest BCUT2D eigenvalue weighted by atomic mass is 10.1. The van der Waals surface area contributed by atoms with Gasteiger partial charge in [-0.15, -0.1) is 0 Å². The number of hydrogen-bond acceptors (Lipinski definition) is 4. The summed E-state index contributed by atoms with van der Waals surface area (Å²) in [7, 11) is 0. The van der Waals surface area contributed by atoms with Gasteiger partial charge >= 0.3 is 5.97 Å². The van der Waals surface area contributed by atoms with Crippen LogP contribution < -0.4 is 10.1 Å². The molecule has 0 heterocycles. The number of hydrogen-bond donors (Lipinski definition) is 1. The third-order valence-corrected chi connectivity index (χ3v) is 4.87. The highest BCUT2D eigenvalue weighted by molar-refractivity contribution is 5.91. The van der Waals surface area contributed by atoms with E-state index >= 15 is 0 Å². The molecule has 3 aromatic rings. The molecule has 0 atom stereocenters. The lowest BCUT2D eigenvalue weighted by molar-refractivity contribution is -0.143. The molecular weight excluding hydrogens is 402 g/mol. The molecule has 0 bridgehead atoms. The summed E-state index contributed by atoms with van der Waals surface area (Å²) in [6, 6.07) is 27.3. The maximum atomic E-state index is 12.2. The Morgan fingerprint density at radius 2 is 1.47 bits per heavy atom. The fourth-order valence-corrected chi connectivity index (χ4v) is 3.20. The molecule has 0 radical (unpaired) electrons. The van der Waals surface area contributed by atoms with Crippen molar-refractivity contribution in [3.8, 4) is 5.75 Å². The lowest BCUT2D eigenvalue weighted by Gasteiger charge is -2.09. The van der Waals surface area contributed by atoms with Gasteiger partial charge in [-0.05, 0) is 42.5 Å². The first kappa shape index (κ1) is 23.1. The van der Waals surface area contributed by atoms with Crippen LogP contribution in [0.15, 0.2) is 84.9 Å². The van der Waals surface area contributed by atoms with Gasteiger partial charge in [0, 0.05) is 24.6 Å². The van der Waals surface area contributed by atoms with E-state index in [1.54, 1.807) is 6.07 Å². The Hall–Kier alpha value is -3.60. The molecule has 0 unspecified atom stereocenters. The van der Waals surface area contributed by atoms with Gasteiger partial charge in [-0.25, -0.2) is 0 Å². The van der Waals surface area contributed by atoms with Gasteiger partial charge in [0.2, 0.25) is 5.91 Å². The number of carbonyl (C=O) groups excluding carboxylic acids is 2. The summed E-state index contributed by atoms with van der Waals surface area (Å²) in [6.45, 7) is 0.862. The van der Waals surface area contributed by atoms with Crippen molar-refractivity contribution in [1.29, 1.82) is 0 Å². The molecular formula is C27H29NO4. The largest absolute Gasteiger partial charge is 0.489 e. The van der Waals surface area contributed by atoms with E-state index in [9.17, 15) is 9.59 Å². The Morgan fingerprint density at radius 1 is 0.750 bits per heavy atom. The minimum atomic E-state index is -0.262. The normalized spacial score (nSPS) is 10.4. The average molecular weight is 432 g/mol. The Labute approximate surface area is 189 Å². The molecule has 0 saturated heterocycles. The number of benzene rings is 3. The summed E-state index contributed by atoms with van der Waals surface area (Å²) in [5.41, 5.74) is 2.98. The first-order chi connectivity index (χ1) is 15.7. The molecule has 0 aliphatic rings. The first-order valence-corrected chi connectivity index (χ1v) is 11.0. The van der Waals surface area contributed by atoms with Gasteiger partial charge < -0.3 is 14.8 Å². The van der Waals surface area contributed by atoms with Crippen LogP contribution in [0.1, 0.15) is 36.8 Å². The van der Waals surface area contributed by atoms with Crippen LogP contribution >= 0.6 is 0 Å². The molecule has 3 aromatic carbocycles. The zero-order chi connectivity index (χ0) is 22.4. The van der Waals surface area contributed by atoms with Crippen molar-refractivity contribution in [1.82, 2.24) is 0 Å². The second kappa shape index (κ2) is 13.0. The number of aryl methyl sites for hydroxylation is 1. The maximum absolute atomic E-state index is 12.2. The average Bonchev–Trinajstić information content (AvgIpc) is 2.82. The molecule has 166 valence electrons. The molecule has 0 aliphatic carbocycles. The van der Waals surface area contributed by atoms with Crippen LogP contribution in [-0.4, -0.2) is 18.5 Å². The summed E-state index contributed by atoms with van der Waals surface area (Å²) in [6.07, 6.45) is 2.62. The van der Waals surface area contributed by atoms with Gasteiger partial charge in [0.1, 0.15) is 12.4 Å². The molecule has 1 amide bonds. The summed E-state index contributed by atoms with van der Waals surface area (Å²) >= 11 is 0. The van der Waals surface area contributed by atoms with E-state index in [4.69, 9.17) is 9.47 Å². The van der Waals surface area contributed by atoms with Crippen LogP contribution in [0.3, 0.4) is 0 Å². The molecule has 1 N–H and O–H groups in total. The Morgan fingerprint density at radius 3 is 2.22 bits per heavy atom. The van der Waals surface area contributed by atoms with Crippen LogP contribution in [0.2, 0.25) is 0 Å². The first-order valence-electron chi connectivity index (χ1n) is 11.0. The van der Waals surface area contributed by atoms with Crippen molar-refractivity contribution in [3.63, 3.8) is 0 Å². The zero-order valence-corrected chi connectivity index (χ0v) is 18.2. The van der Waals surface area contributed by atoms with E-state index in [0.29, 0.717) is 31.1 Å². The van der Waals surface area contributed by atoms with Crippen molar-refractivity contribution in [3.05, 3.63) is 96.1 Å². The van der Waals surface area contributed by atoms with E-state index < -0.39 is 0 Å². The molecule has 0 spiro atoms. The lowest BCUT2D eigenvalue weighted by Crippen LogP contribution is -2.13. The third kappa shape index (κ3) is 8.64. The van der Waals surface area contributed by atoms with Crippen LogP contribution in [0.5, 0.6) is 5.75 Å². The number of amides is 1. The maximum Gasteiger partial charge on any atom is 0.305 e. The van der Waals surface area contributed by atoms with E-state index in [2.05, 4.69) is 17.4 Å². The number of carbonyl (C=O) groups is 2. The second-order valence-electron chi connectivity index (χ2n) is 7.51. The van der Waals surface area contributed by atoms with Crippen molar-refractivity contribution >= 4 is 17.6 Å². The fraction of sp³-hybridized carbons (Fsp3) is 0.259. The predicted molar refractivity (Wildman–Crippen MR) is 125 cm³/mol. The molecule has 0 aliphatic heterocycles. The fourth-order valence-electron chi connectivity index (χ4n) is 3.20. The molecule has 32 heavy (non-hydrogen) atoms. The Balaban J connectivity index is 1.30. The van der Waals surface area contributed by atoms with Gasteiger partial charge in [-0.1, -0.05) is 66.7 Å². The van der Waals surface area contributed by atoms with Gasteiger partial charge in [0.05, 0.1) is 6.61 Å². The summed E-state index contributed by atoms with van der Waals surface area (Å²) in [5.74, 6) is 0.287. The highest BCUT2D eigenvalue weighted by Crippen LogP contribution is 2.19. The smallest absolute Gasteiger partial charge is 0.305 e. The number of nitrogens with one attached hydrogen (secondary N) is 1. The molecule has 0 fully saturated rings. The minimum Gasteiger partial charge on any atom is -0.489 e. The second-order valence-corrected chi connectivity index (χ2v) is 7.51. The van der Waals surface area contributed by atoms with E-state index in [-0.39, 0.29) is 24.7 Å². The highest BCUT2D eigenvalue weighted by atomic mass is 16.5. The van der Waals surface area contributed by atoms with Gasteiger partial charge in [-0.3, -0.25) is 9.59 Å². The number of rotatable bonds is 12. The third-order valence-electron chi connectivity index (χ3n) is 4.87. The van der Waals surface area contributed by atoms with Crippen LogP contribution in [0.4, 0.5) is 5.69 Å². The van der Waals surface area contributed by atoms with E-state index in [1.807, 2.05) is 66.7 Å². The Kier molecular flexibility index (Phi) is 9.34. The van der Waals surface area contributed by atoms with Gasteiger partial charge in [0.25, 0.3) is 0 Å². The highest BCUT2D eigenvalue weighted by Gasteiger charge is 2.08. The van der Waals surface area contributed by atoms with Crippen LogP contribution in [0, 0.1) is 0 Å². The van der Waals surface area contributed by atoms with Crippen molar-refractivity contribution in [2.75, 3.05) is 11.9 Å². The summed E-state index contributed by atoms with van der Waals surface area (Å²) < 4.78 is 11.0. The van der Waals surface area contributed by atoms with Crippen molar-refractivity contribution in [2.45, 2.75) is 38.7 Å². The standard InChI is InChI=1S/C27H29NO4/c29-26(17-8-18-27(30)31-19-9-14-22-10-3-1-4-11-22)28-24-15-7-16-25(20-24)32-21-23-12-5-2-6-13-23/h1-7,10-13,15-16,20H,8-9,14,17-19,21H2,(H,28,29). The van der Waals surface area contributed by atoms with Gasteiger partial charge in [-0.2, -0.15) is 0 Å². The Bertz CT molecular complexity index is 973. The quantitative estimate of drug-likeness (QED) is 0.302. The van der Waals surface area contributed by atoms with E-state index in [0.717, 1.165) is 18.4 Å². The number of anilines is 1. The van der Waals surface area contributed by atoms with Crippen molar-refractivity contribution in [2.24, 2.45) is 0 Å². The topological polar surface area (TPSA) is 64.6 Å². The molecule has 3 rings (SSSR count). The predicted octanol–water partition coefficient (Wildman–Crippen LogP) is 5.55. The summed E-state index contributed by atoms with van der Waals surface area (Å²) in [4.78, 5) is 24.1. The molecule has 0 saturated carbocycles. The van der Waals surface area contributed by atoms with E-state index in [1.165, 1.54) is 5.56 Å². The van der Waals surface area contributed by atoms with Gasteiger partial charge in [0.15, 0.2) is 0 Å². The molecule has 0 aromatic heterocycles. The SMILES string of the molecule is O=C(CCCC(=O)OCCCc1ccccc1)Nc1cccc(OCc2ccccc2)c1. The minimum absolute atomic E-state index is 0.137. The zero-order valence-electron chi connectivity index (χ0n) is 18.2.